The van der Waals surface area contributed by atoms with Crippen molar-refractivity contribution in [3.63, 3.8) is 0 Å². The molecule has 0 fully saturated rings. The molecule has 0 amide bonds. The smallest absolute Gasteiger partial charge is 0.154 e. The van der Waals surface area contributed by atoms with Gasteiger partial charge in [-0.15, -0.1) is 11.3 Å². The van der Waals surface area contributed by atoms with Crippen molar-refractivity contribution >= 4 is 32.8 Å². The van der Waals surface area contributed by atoms with Gasteiger partial charge in [-0.1, -0.05) is 11.6 Å². The largest absolute Gasteiger partial charge is 0.326 e. The van der Waals surface area contributed by atoms with Crippen LogP contribution in [0.25, 0.3) is 0 Å². The van der Waals surface area contributed by atoms with Gasteiger partial charge in [0.25, 0.3) is 0 Å². The summed E-state index contributed by atoms with van der Waals surface area (Å²) >= 11 is 7.24. The number of thiophene rings is 1. The minimum Gasteiger partial charge on any atom is -0.326 e. The van der Waals surface area contributed by atoms with Gasteiger partial charge in [-0.3, -0.25) is 0 Å². The number of rotatable bonds is 4. The first-order valence-corrected chi connectivity index (χ1v) is 7.92. The van der Waals surface area contributed by atoms with Crippen molar-refractivity contribution in [2.24, 2.45) is 5.73 Å². The highest BCUT2D eigenvalue weighted by Gasteiger charge is 2.36. The number of halogens is 1. The van der Waals surface area contributed by atoms with E-state index in [1.807, 2.05) is 6.07 Å². The van der Waals surface area contributed by atoms with Crippen molar-refractivity contribution in [2.45, 2.75) is 31.1 Å². The molecule has 6 heteroatoms. The maximum Gasteiger partial charge on any atom is 0.154 e. The van der Waals surface area contributed by atoms with Gasteiger partial charge in [0.15, 0.2) is 9.84 Å². The average Bonchev–Trinajstić information content (AvgIpc) is 2.49. The molecule has 0 radical (unpaired) electrons. The van der Waals surface area contributed by atoms with E-state index in [9.17, 15) is 8.42 Å². The van der Waals surface area contributed by atoms with Gasteiger partial charge in [0.05, 0.1) is 9.08 Å². The first-order chi connectivity index (χ1) is 7.14. The Morgan fingerprint density at radius 1 is 1.50 bits per heavy atom. The summed E-state index contributed by atoms with van der Waals surface area (Å²) in [5.41, 5.74) is 5.96. The summed E-state index contributed by atoms with van der Waals surface area (Å²) in [5, 5.41) is 0. The molecule has 1 heterocycles. The molecule has 92 valence electrons. The van der Waals surface area contributed by atoms with Gasteiger partial charge in [0.2, 0.25) is 0 Å². The van der Waals surface area contributed by atoms with Gasteiger partial charge in [-0.05, 0) is 32.4 Å². The molecule has 1 aromatic rings. The monoisotopic (exact) mass is 281 g/mol. The lowest BCUT2D eigenvalue weighted by atomic mass is 10.0. The van der Waals surface area contributed by atoms with Crippen LogP contribution in [0.1, 0.15) is 18.7 Å². The molecular weight excluding hydrogens is 266 g/mol. The second-order valence-electron chi connectivity index (χ2n) is 4.39. The third-order valence-electron chi connectivity index (χ3n) is 2.90. The van der Waals surface area contributed by atoms with Gasteiger partial charge < -0.3 is 5.73 Å². The molecule has 0 bridgehead atoms. The Hall–Kier alpha value is -0.100. The van der Waals surface area contributed by atoms with Crippen LogP contribution in [0.2, 0.25) is 4.34 Å². The molecule has 3 nitrogen and oxygen atoms in total. The van der Waals surface area contributed by atoms with E-state index in [0.29, 0.717) is 10.8 Å². The Bertz CT molecular complexity index is 465. The summed E-state index contributed by atoms with van der Waals surface area (Å²) in [6, 6.07) is 3.24. The van der Waals surface area contributed by atoms with Gasteiger partial charge in [-0.25, -0.2) is 8.42 Å². The van der Waals surface area contributed by atoms with Crippen molar-refractivity contribution in [1.29, 1.82) is 0 Å². The Labute approximate surface area is 106 Å². The molecule has 0 aliphatic heterocycles. The zero-order valence-electron chi connectivity index (χ0n) is 9.53. The average molecular weight is 282 g/mol. The normalized spacial score (nSPS) is 15.1. The van der Waals surface area contributed by atoms with E-state index in [1.54, 1.807) is 19.9 Å². The maximum absolute atomic E-state index is 11.6. The summed E-state index contributed by atoms with van der Waals surface area (Å²) in [6.45, 7) is 3.31. The summed E-state index contributed by atoms with van der Waals surface area (Å²) in [6.07, 6.45) is 1.74. The van der Waals surface area contributed by atoms with Crippen LogP contribution >= 0.6 is 22.9 Å². The first-order valence-electron chi connectivity index (χ1n) is 4.84. The molecule has 0 aromatic carbocycles. The number of sulfone groups is 1. The molecule has 0 saturated heterocycles. The summed E-state index contributed by atoms with van der Waals surface area (Å²) < 4.78 is 22.9. The Morgan fingerprint density at radius 3 is 2.44 bits per heavy atom. The fourth-order valence-corrected chi connectivity index (χ4v) is 2.98. The molecule has 0 aliphatic rings. The molecule has 16 heavy (non-hydrogen) atoms. The standard InChI is InChI=1S/C10H16ClNO2S2/c1-10(2,16(3,13)14)8(12)6-7-4-5-9(11)15-7/h4-5,8H,6,12H2,1-3H3. The van der Waals surface area contributed by atoms with Crippen LogP contribution in [0.15, 0.2) is 12.1 Å². The second kappa shape index (κ2) is 4.64. The third-order valence-corrected chi connectivity index (χ3v) is 6.37. The van der Waals surface area contributed by atoms with Crippen LogP contribution in [-0.2, 0) is 16.3 Å². The van der Waals surface area contributed by atoms with Gasteiger partial charge in [0.1, 0.15) is 0 Å². The maximum atomic E-state index is 11.6. The van der Waals surface area contributed by atoms with Crippen LogP contribution in [0.4, 0.5) is 0 Å². The van der Waals surface area contributed by atoms with E-state index in [2.05, 4.69) is 0 Å². The molecular formula is C10H16ClNO2S2. The molecule has 1 rings (SSSR count). The summed E-state index contributed by atoms with van der Waals surface area (Å²) in [5.74, 6) is 0. The van der Waals surface area contributed by atoms with E-state index >= 15 is 0 Å². The van der Waals surface area contributed by atoms with Crippen LogP contribution in [-0.4, -0.2) is 25.5 Å². The van der Waals surface area contributed by atoms with Crippen LogP contribution in [0.5, 0.6) is 0 Å². The Balaban J connectivity index is 2.84. The SMILES string of the molecule is CC(C)(C(N)Cc1ccc(Cl)s1)S(C)(=O)=O. The predicted molar refractivity (Wildman–Crippen MR) is 69.9 cm³/mol. The van der Waals surface area contributed by atoms with E-state index in [4.69, 9.17) is 17.3 Å². The molecule has 0 aliphatic carbocycles. The number of hydrogen-bond donors (Lipinski definition) is 1. The highest BCUT2D eigenvalue weighted by Crippen LogP contribution is 2.26. The van der Waals surface area contributed by atoms with Crippen LogP contribution in [0.3, 0.4) is 0 Å². The lowest BCUT2D eigenvalue weighted by molar-refractivity contribution is 0.484. The summed E-state index contributed by atoms with van der Waals surface area (Å²) in [7, 11) is -3.17. The van der Waals surface area contributed by atoms with Gasteiger partial charge in [0, 0.05) is 17.2 Å². The van der Waals surface area contributed by atoms with E-state index in [1.165, 1.54) is 17.6 Å². The van der Waals surface area contributed by atoms with Crippen molar-refractivity contribution in [3.8, 4) is 0 Å². The van der Waals surface area contributed by atoms with Crippen molar-refractivity contribution in [3.05, 3.63) is 21.3 Å². The number of nitrogens with two attached hydrogens (primary N) is 1. The van der Waals surface area contributed by atoms with Crippen molar-refractivity contribution in [2.75, 3.05) is 6.26 Å². The lowest BCUT2D eigenvalue weighted by Gasteiger charge is -2.29. The third kappa shape index (κ3) is 2.97. The van der Waals surface area contributed by atoms with Crippen molar-refractivity contribution < 1.29 is 8.42 Å². The fraction of sp³-hybridized carbons (Fsp3) is 0.600. The Kier molecular flexibility index (Phi) is 4.05. The van der Waals surface area contributed by atoms with E-state index < -0.39 is 20.6 Å². The topological polar surface area (TPSA) is 60.2 Å². The Morgan fingerprint density at radius 2 is 2.06 bits per heavy atom. The van der Waals surface area contributed by atoms with E-state index in [-0.39, 0.29) is 0 Å². The molecule has 1 aromatic heterocycles. The minimum atomic E-state index is -3.17. The lowest BCUT2D eigenvalue weighted by Crippen LogP contribution is -2.49. The first kappa shape index (κ1) is 14.0. The molecule has 1 atom stereocenters. The van der Waals surface area contributed by atoms with Crippen LogP contribution in [0, 0.1) is 0 Å². The molecule has 2 N–H and O–H groups in total. The van der Waals surface area contributed by atoms with Gasteiger partial charge >= 0.3 is 0 Å². The van der Waals surface area contributed by atoms with E-state index in [0.717, 1.165) is 4.88 Å². The molecule has 1 unspecified atom stereocenters. The minimum absolute atomic E-state index is 0.433. The zero-order chi connectivity index (χ0) is 12.6. The number of hydrogen-bond acceptors (Lipinski definition) is 4. The zero-order valence-corrected chi connectivity index (χ0v) is 11.9. The quantitative estimate of drug-likeness (QED) is 0.919. The molecule has 0 saturated carbocycles. The van der Waals surface area contributed by atoms with Crippen molar-refractivity contribution in [1.82, 2.24) is 0 Å². The van der Waals surface area contributed by atoms with Gasteiger partial charge in [-0.2, -0.15) is 0 Å². The highest BCUT2D eigenvalue weighted by atomic mass is 35.5. The predicted octanol–water partition coefficient (Wildman–Crippen LogP) is 2.09. The fourth-order valence-electron chi connectivity index (χ4n) is 1.20. The summed E-state index contributed by atoms with van der Waals surface area (Å²) in [4.78, 5) is 1.01. The second-order valence-corrected chi connectivity index (χ2v) is 8.79. The highest BCUT2D eigenvalue weighted by molar-refractivity contribution is 7.92. The van der Waals surface area contributed by atoms with Crippen LogP contribution < -0.4 is 5.73 Å². The molecule has 0 spiro atoms.